The minimum Gasteiger partial charge on any atom is -0.269 e. The van der Waals surface area contributed by atoms with Gasteiger partial charge < -0.3 is 0 Å². The monoisotopic (exact) mass is 326 g/mol. The maximum atomic E-state index is 12.9. The van der Waals surface area contributed by atoms with Gasteiger partial charge in [-0.25, -0.2) is 17.5 Å². The largest absolute Gasteiger partial charge is 0.273 e. The van der Waals surface area contributed by atoms with E-state index in [1.807, 2.05) is 4.72 Å². The Morgan fingerprint density at radius 2 is 2.14 bits per heavy atom. The van der Waals surface area contributed by atoms with Gasteiger partial charge in [-0.15, -0.1) is 11.3 Å². The molecule has 0 saturated carbocycles. The summed E-state index contributed by atoms with van der Waals surface area (Å²) in [6.45, 7) is 1.77. The maximum Gasteiger partial charge on any atom is 0.273 e. The lowest BCUT2D eigenvalue weighted by atomic mass is 10.2. The van der Waals surface area contributed by atoms with E-state index in [2.05, 4.69) is 4.98 Å². The van der Waals surface area contributed by atoms with Crippen molar-refractivity contribution in [2.24, 2.45) is 0 Å². The maximum absolute atomic E-state index is 12.9. The Kier molecular flexibility index (Phi) is 4.49. The number of nitrogens with one attached hydrogen (secondary N) is 1. The van der Waals surface area contributed by atoms with Gasteiger partial charge in [0.05, 0.1) is 6.20 Å². The summed E-state index contributed by atoms with van der Waals surface area (Å²) < 4.78 is 38.7. The molecule has 0 saturated heterocycles. The first-order valence-electron chi connectivity index (χ1n) is 5.79. The summed E-state index contributed by atoms with van der Waals surface area (Å²) in [4.78, 5) is 16.0. The lowest BCUT2D eigenvalue weighted by Gasteiger charge is -2.01. The fraction of sp³-hybridized carbons (Fsp3) is 0.0769. The van der Waals surface area contributed by atoms with Crippen LogP contribution >= 0.6 is 11.3 Å². The number of sulfonamides is 1. The summed E-state index contributed by atoms with van der Waals surface area (Å²) in [6, 6.07) is 4.25. The van der Waals surface area contributed by atoms with Crippen molar-refractivity contribution >= 4 is 33.3 Å². The molecule has 0 spiro atoms. The zero-order chi connectivity index (χ0) is 15.5. The first-order valence-corrected chi connectivity index (χ1v) is 8.09. The number of carbonyl (C=O) groups is 1. The second-order valence-electron chi connectivity index (χ2n) is 4.10. The zero-order valence-corrected chi connectivity index (χ0v) is 12.5. The minimum atomic E-state index is -3.87. The third-order valence-corrected chi connectivity index (χ3v) is 5.21. The van der Waals surface area contributed by atoms with E-state index in [1.54, 1.807) is 13.0 Å². The van der Waals surface area contributed by atoms with E-state index in [9.17, 15) is 17.6 Å². The Morgan fingerprint density at radius 3 is 2.76 bits per heavy atom. The van der Waals surface area contributed by atoms with Crippen LogP contribution in [-0.4, -0.2) is 19.3 Å². The molecule has 5 nitrogen and oxygen atoms in total. The van der Waals surface area contributed by atoms with E-state index in [1.165, 1.54) is 24.4 Å². The third-order valence-electron chi connectivity index (χ3n) is 2.37. The Morgan fingerprint density at radius 1 is 1.38 bits per heavy atom. The minimum absolute atomic E-state index is 0.0640. The number of carbonyl (C=O) groups excluding carboxylic acids is 1. The molecule has 110 valence electrons. The molecule has 8 heteroatoms. The van der Waals surface area contributed by atoms with Crippen molar-refractivity contribution in [1.82, 2.24) is 9.71 Å². The van der Waals surface area contributed by atoms with E-state index < -0.39 is 21.7 Å². The Hall–Kier alpha value is -2.06. The summed E-state index contributed by atoms with van der Waals surface area (Å²) in [6.07, 6.45) is 4.67. The van der Waals surface area contributed by atoms with Crippen LogP contribution in [-0.2, 0) is 14.8 Å². The molecule has 2 aromatic rings. The predicted molar refractivity (Wildman–Crippen MR) is 77.6 cm³/mol. The number of thiophene rings is 1. The molecular weight excluding hydrogens is 315 g/mol. The fourth-order valence-corrected chi connectivity index (χ4v) is 3.69. The molecule has 1 N–H and O–H groups in total. The van der Waals surface area contributed by atoms with Gasteiger partial charge in [0.25, 0.3) is 15.9 Å². The van der Waals surface area contributed by atoms with Crippen LogP contribution in [0.15, 0.2) is 40.9 Å². The zero-order valence-electron chi connectivity index (χ0n) is 10.9. The average Bonchev–Trinajstić information content (AvgIpc) is 2.84. The van der Waals surface area contributed by atoms with Crippen molar-refractivity contribution in [3.63, 3.8) is 0 Å². The third kappa shape index (κ3) is 4.20. The molecule has 0 fully saturated rings. The second kappa shape index (κ2) is 6.15. The van der Waals surface area contributed by atoms with E-state index in [4.69, 9.17) is 0 Å². The number of hydrogen-bond acceptors (Lipinski definition) is 5. The van der Waals surface area contributed by atoms with Gasteiger partial charge in [-0.3, -0.25) is 9.78 Å². The molecule has 0 aliphatic rings. The van der Waals surface area contributed by atoms with Gasteiger partial charge in [0, 0.05) is 17.2 Å². The smallest absolute Gasteiger partial charge is 0.269 e. The molecular formula is C13H11FN2O3S2. The summed E-state index contributed by atoms with van der Waals surface area (Å²) in [5, 5.41) is 0. The van der Waals surface area contributed by atoms with Crippen LogP contribution in [0.25, 0.3) is 6.08 Å². The molecule has 2 aromatic heterocycles. The quantitative estimate of drug-likeness (QED) is 0.873. The average molecular weight is 326 g/mol. The Bertz CT molecular complexity index is 797. The molecule has 0 aromatic carbocycles. The van der Waals surface area contributed by atoms with Crippen LogP contribution in [0.4, 0.5) is 4.39 Å². The molecule has 0 unspecified atom stereocenters. The SMILES string of the molecule is Cc1ccc(S(=O)(=O)NC(=O)C=Cc2cncc(F)c2)s1. The van der Waals surface area contributed by atoms with Gasteiger partial charge in [-0.1, -0.05) is 0 Å². The van der Waals surface area contributed by atoms with Gasteiger partial charge in [-0.2, -0.15) is 0 Å². The van der Waals surface area contributed by atoms with Crippen molar-refractivity contribution < 1.29 is 17.6 Å². The van der Waals surface area contributed by atoms with Crippen LogP contribution in [0.1, 0.15) is 10.4 Å². The number of aromatic nitrogens is 1. The van der Waals surface area contributed by atoms with Crippen molar-refractivity contribution in [3.8, 4) is 0 Å². The topological polar surface area (TPSA) is 76.1 Å². The molecule has 1 amide bonds. The summed E-state index contributed by atoms with van der Waals surface area (Å²) >= 11 is 1.07. The van der Waals surface area contributed by atoms with E-state index in [-0.39, 0.29) is 4.21 Å². The van der Waals surface area contributed by atoms with Gasteiger partial charge in [-0.05, 0) is 36.8 Å². The first kappa shape index (κ1) is 15.3. The van der Waals surface area contributed by atoms with Crippen LogP contribution in [0, 0.1) is 12.7 Å². The van der Waals surface area contributed by atoms with E-state index >= 15 is 0 Å². The Labute approximate surface area is 125 Å². The van der Waals surface area contributed by atoms with Gasteiger partial charge >= 0.3 is 0 Å². The highest BCUT2D eigenvalue weighted by molar-refractivity contribution is 7.92. The first-order chi connectivity index (χ1) is 9.87. The molecule has 0 aliphatic heterocycles. The lowest BCUT2D eigenvalue weighted by Crippen LogP contribution is -2.28. The molecule has 0 radical (unpaired) electrons. The second-order valence-corrected chi connectivity index (χ2v) is 7.30. The summed E-state index contributed by atoms with van der Waals surface area (Å²) in [5.74, 6) is -1.36. The highest BCUT2D eigenvalue weighted by Gasteiger charge is 2.17. The van der Waals surface area contributed by atoms with Crippen LogP contribution < -0.4 is 4.72 Å². The van der Waals surface area contributed by atoms with Crippen LogP contribution in [0.5, 0.6) is 0 Å². The van der Waals surface area contributed by atoms with Crippen molar-refractivity contribution in [3.05, 3.63) is 52.9 Å². The molecule has 2 rings (SSSR count). The molecule has 0 bridgehead atoms. The number of pyridine rings is 1. The van der Waals surface area contributed by atoms with E-state index in [0.29, 0.717) is 5.56 Å². The fourth-order valence-electron chi connectivity index (χ4n) is 1.46. The highest BCUT2D eigenvalue weighted by atomic mass is 32.2. The van der Waals surface area contributed by atoms with Gasteiger partial charge in [0.2, 0.25) is 0 Å². The number of nitrogens with zero attached hydrogens (tertiary/aromatic N) is 1. The normalized spacial score (nSPS) is 11.7. The molecule has 21 heavy (non-hydrogen) atoms. The van der Waals surface area contributed by atoms with Crippen LogP contribution in [0.2, 0.25) is 0 Å². The standard InChI is InChI=1S/C13H11FN2O3S2/c1-9-2-5-13(20-9)21(18,19)16-12(17)4-3-10-6-11(14)8-15-7-10/h2-8H,1H3,(H,16,17). The Balaban J connectivity index is 2.08. The van der Waals surface area contributed by atoms with Crippen molar-refractivity contribution in [2.75, 3.05) is 0 Å². The number of rotatable bonds is 4. The number of aryl methyl sites for hydroxylation is 1. The highest BCUT2D eigenvalue weighted by Crippen LogP contribution is 2.20. The molecule has 0 aliphatic carbocycles. The van der Waals surface area contributed by atoms with Crippen molar-refractivity contribution in [1.29, 1.82) is 0 Å². The lowest BCUT2D eigenvalue weighted by molar-refractivity contribution is -0.114. The van der Waals surface area contributed by atoms with Gasteiger partial charge in [0.15, 0.2) is 0 Å². The summed E-state index contributed by atoms with van der Waals surface area (Å²) in [7, 11) is -3.87. The van der Waals surface area contributed by atoms with Gasteiger partial charge in [0.1, 0.15) is 10.0 Å². The van der Waals surface area contributed by atoms with Crippen LogP contribution in [0.3, 0.4) is 0 Å². The number of halogens is 1. The number of amides is 1. The summed E-state index contributed by atoms with van der Waals surface area (Å²) in [5.41, 5.74) is 0.356. The predicted octanol–water partition coefficient (Wildman–Crippen LogP) is 2.11. The molecule has 2 heterocycles. The van der Waals surface area contributed by atoms with Crippen molar-refractivity contribution in [2.45, 2.75) is 11.1 Å². The number of hydrogen-bond donors (Lipinski definition) is 1. The van der Waals surface area contributed by atoms with E-state index in [0.717, 1.165) is 28.5 Å². The molecule has 0 atom stereocenters.